The van der Waals surface area contributed by atoms with Gasteiger partial charge >= 0.3 is 6.18 Å². The van der Waals surface area contributed by atoms with Gasteiger partial charge in [-0.1, -0.05) is 22.9 Å². The summed E-state index contributed by atoms with van der Waals surface area (Å²) in [6.07, 6.45) is -2.65. The molecule has 2 aromatic carbocycles. The molecule has 5 rings (SSSR count). The number of amides is 1. The van der Waals surface area contributed by atoms with Gasteiger partial charge in [-0.15, -0.1) is 5.10 Å². The Morgan fingerprint density at radius 3 is 2.69 bits per heavy atom. The molecule has 1 amide bonds. The number of carbonyl (C=O) groups excluding carboxylic acids is 1. The molecule has 0 radical (unpaired) electrons. The second-order valence-corrected chi connectivity index (χ2v) is 10.0. The zero-order valence-electron chi connectivity index (χ0n) is 20.1. The molecule has 0 spiro atoms. The molecule has 0 bridgehead atoms. The lowest BCUT2D eigenvalue weighted by Gasteiger charge is -2.42. The Kier molecular flexibility index (Phi) is 6.59. The van der Waals surface area contributed by atoms with E-state index >= 15 is 0 Å². The van der Waals surface area contributed by atoms with E-state index in [1.807, 2.05) is 30.0 Å². The van der Waals surface area contributed by atoms with Crippen LogP contribution in [0.3, 0.4) is 0 Å². The zero-order valence-corrected chi connectivity index (χ0v) is 20.9. The molecule has 11 heteroatoms. The van der Waals surface area contributed by atoms with Gasteiger partial charge in [0.15, 0.2) is 0 Å². The molecular formula is C25H28ClF3N6O. The number of nitrogens with zero attached hydrogens (tertiary/aromatic N) is 5. The quantitative estimate of drug-likeness (QED) is 0.548. The van der Waals surface area contributed by atoms with E-state index in [0.717, 1.165) is 31.1 Å². The van der Waals surface area contributed by atoms with Crippen molar-refractivity contribution in [3.05, 3.63) is 52.5 Å². The first kappa shape index (κ1) is 24.8. The molecule has 2 fully saturated rings. The van der Waals surface area contributed by atoms with E-state index in [2.05, 4.69) is 20.5 Å². The molecule has 2 aliphatic heterocycles. The Labute approximate surface area is 212 Å². The minimum atomic E-state index is -4.54. The van der Waals surface area contributed by atoms with Crippen LogP contribution in [0.5, 0.6) is 0 Å². The number of fused-ring (bicyclic) bond motifs is 1. The van der Waals surface area contributed by atoms with Crippen molar-refractivity contribution in [3.8, 4) is 0 Å². The number of hydrogen-bond acceptors (Lipinski definition) is 5. The average molecular weight is 521 g/mol. The van der Waals surface area contributed by atoms with Crippen LogP contribution >= 0.6 is 11.6 Å². The molecule has 3 atom stereocenters. The predicted octanol–water partition coefficient (Wildman–Crippen LogP) is 4.50. The lowest BCUT2D eigenvalue weighted by molar-refractivity contribution is -0.138. The highest BCUT2D eigenvalue weighted by Gasteiger charge is 2.36. The first-order valence-corrected chi connectivity index (χ1v) is 12.5. The van der Waals surface area contributed by atoms with Crippen molar-refractivity contribution < 1.29 is 18.0 Å². The van der Waals surface area contributed by atoms with Crippen molar-refractivity contribution >= 4 is 34.2 Å². The number of piperazine rings is 1. The molecule has 2 unspecified atom stereocenters. The van der Waals surface area contributed by atoms with Gasteiger partial charge in [-0.2, -0.15) is 13.2 Å². The second-order valence-electron chi connectivity index (χ2n) is 9.59. The summed E-state index contributed by atoms with van der Waals surface area (Å²) in [4.78, 5) is 17.0. The standard InChI is InChI=1S/C25H28ClF3N6O/c1-15-14-33(10-11-34(15)24(36)22-4-3-9-30-22)18-6-8-21-23(13-18)35(32-31-21)16(2)19-7-5-17(26)12-20(19)25(27,28)29/h5-8,12-13,15-16,22,30H,3-4,9-11,14H2,1-2H3/t15-,16?,22?/m1/s1. The Morgan fingerprint density at radius 2 is 2.00 bits per heavy atom. The Balaban J connectivity index is 1.40. The summed E-state index contributed by atoms with van der Waals surface area (Å²) in [7, 11) is 0. The van der Waals surface area contributed by atoms with E-state index in [-0.39, 0.29) is 28.6 Å². The number of hydrogen-bond donors (Lipinski definition) is 1. The number of benzene rings is 2. The molecule has 2 saturated heterocycles. The fourth-order valence-corrected chi connectivity index (χ4v) is 5.46. The Hall–Kier alpha value is -2.85. The van der Waals surface area contributed by atoms with Gasteiger partial charge in [-0.05, 0) is 69.1 Å². The number of aromatic nitrogens is 3. The largest absolute Gasteiger partial charge is 0.416 e. The van der Waals surface area contributed by atoms with E-state index in [1.165, 1.54) is 16.8 Å². The number of alkyl halides is 3. The van der Waals surface area contributed by atoms with Crippen molar-refractivity contribution in [1.29, 1.82) is 0 Å². The summed E-state index contributed by atoms with van der Waals surface area (Å²) in [6.45, 7) is 6.54. The van der Waals surface area contributed by atoms with E-state index < -0.39 is 17.8 Å². The van der Waals surface area contributed by atoms with Gasteiger partial charge in [-0.3, -0.25) is 4.79 Å². The van der Waals surface area contributed by atoms with Crippen LogP contribution in [0.4, 0.5) is 18.9 Å². The average Bonchev–Trinajstić information content (AvgIpc) is 3.52. The van der Waals surface area contributed by atoms with Crippen molar-refractivity contribution in [2.24, 2.45) is 0 Å². The van der Waals surface area contributed by atoms with Crippen LogP contribution in [0.15, 0.2) is 36.4 Å². The molecule has 1 aromatic heterocycles. The summed E-state index contributed by atoms with van der Waals surface area (Å²) in [5, 5.41) is 11.7. The minimum absolute atomic E-state index is 0.0273. The second kappa shape index (κ2) is 9.55. The SMILES string of the molecule is CC(c1ccc(Cl)cc1C(F)(F)F)n1nnc2ccc(N3CCN(C(=O)C4CCCN4)[C@H](C)C3)cc21. The van der Waals surface area contributed by atoms with Crippen molar-refractivity contribution in [3.63, 3.8) is 0 Å². The third-order valence-corrected chi connectivity index (χ3v) is 7.46. The van der Waals surface area contributed by atoms with Crippen LogP contribution in [-0.2, 0) is 11.0 Å². The summed E-state index contributed by atoms with van der Waals surface area (Å²) in [5.41, 5.74) is 1.45. The first-order chi connectivity index (χ1) is 17.1. The number of halogens is 4. The monoisotopic (exact) mass is 520 g/mol. The van der Waals surface area contributed by atoms with Gasteiger partial charge < -0.3 is 15.1 Å². The minimum Gasteiger partial charge on any atom is -0.368 e. The number of rotatable bonds is 4. The number of carbonyl (C=O) groups is 1. The lowest BCUT2D eigenvalue weighted by atomic mass is 10.0. The predicted molar refractivity (Wildman–Crippen MR) is 132 cm³/mol. The van der Waals surface area contributed by atoms with Crippen LogP contribution in [0, 0.1) is 0 Å². The van der Waals surface area contributed by atoms with Gasteiger partial charge in [0, 0.05) is 36.4 Å². The highest BCUT2D eigenvalue weighted by Crippen LogP contribution is 2.38. The summed E-state index contributed by atoms with van der Waals surface area (Å²) in [6, 6.07) is 8.71. The fraction of sp³-hybridized carbons (Fsp3) is 0.480. The van der Waals surface area contributed by atoms with Gasteiger partial charge in [-0.25, -0.2) is 4.68 Å². The third kappa shape index (κ3) is 4.64. The molecule has 3 aromatic rings. The molecule has 1 N–H and O–H groups in total. The van der Waals surface area contributed by atoms with Crippen LogP contribution in [0.25, 0.3) is 11.0 Å². The van der Waals surface area contributed by atoms with E-state index in [0.29, 0.717) is 30.7 Å². The van der Waals surface area contributed by atoms with Gasteiger partial charge in [0.1, 0.15) is 5.52 Å². The Morgan fingerprint density at radius 1 is 1.19 bits per heavy atom. The summed E-state index contributed by atoms with van der Waals surface area (Å²) in [5.74, 6) is 0.162. The van der Waals surface area contributed by atoms with Crippen LogP contribution in [0.2, 0.25) is 5.02 Å². The normalized spacial score (nSPS) is 21.8. The van der Waals surface area contributed by atoms with Gasteiger partial charge in [0.25, 0.3) is 0 Å². The Bertz CT molecular complexity index is 1270. The van der Waals surface area contributed by atoms with Crippen molar-refractivity contribution in [2.45, 2.75) is 51.0 Å². The van der Waals surface area contributed by atoms with Crippen molar-refractivity contribution in [1.82, 2.24) is 25.2 Å². The molecular weight excluding hydrogens is 493 g/mol. The lowest BCUT2D eigenvalue weighted by Crippen LogP contribution is -2.57. The molecule has 192 valence electrons. The number of anilines is 1. The van der Waals surface area contributed by atoms with Crippen molar-refractivity contribution in [2.75, 3.05) is 31.1 Å². The van der Waals surface area contributed by atoms with E-state index in [4.69, 9.17) is 11.6 Å². The smallest absolute Gasteiger partial charge is 0.368 e. The van der Waals surface area contributed by atoms with Gasteiger partial charge in [0.05, 0.1) is 23.2 Å². The summed E-state index contributed by atoms with van der Waals surface area (Å²) < 4.78 is 42.7. The van der Waals surface area contributed by atoms with Crippen LogP contribution in [-0.4, -0.2) is 64.1 Å². The molecule has 3 heterocycles. The molecule has 36 heavy (non-hydrogen) atoms. The topological polar surface area (TPSA) is 66.3 Å². The van der Waals surface area contributed by atoms with Crippen LogP contribution < -0.4 is 10.2 Å². The highest BCUT2D eigenvalue weighted by molar-refractivity contribution is 6.30. The number of nitrogens with one attached hydrogen (secondary N) is 1. The van der Waals surface area contributed by atoms with E-state index in [9.17, 15) is 18.0 Å². The van der Waals surface area contributed by atoms with E-state index in [1.54, 1.807) is 6.92 Å². The molecule has 2 aliphatic rings. The summed E-state index contributed by atoms with van der Waals surface area (Å²) >= 11 is 5.86. The third-order valence-electron chi connectivity index (χ3n) is 7.23. The van der Waals surface area contributed by atoms with Gasteiger partial charge in [0.2, 0.25) is 5.91 Å². The zero-order chi connectivity index (χ0) is 25.6. The van der Waals surface area contributed by atoms with Crippen LogP contribution in [0.1, 0.15) is 43.9 Å². The molecule has 0 saturated carbocycles. The maximum absolute atomic E-state index is 13.7. The highest BCUT2D eigenvalue weighted by atomic mass is 35.5. The molecule has 7 nitrogen and oxygen atoms in total. The molecule has 0 aliphatic carbocycles. The fourth-order valence-electron chi connectivity index (χ4n) is 5.29. The maximum Gasteiger partial charge on any atom is 0.416 e. The maximum atomic E-state index is 13.7. The first-order valence-electron chi connectivity index (χ1n) is 12.1.